The zero-order valence-electron chi connectivity index (χ0n) is 9.23. The molecule has 84 valence electrons. The summed E-state index contributed by atoms with van der Waals surface area (Å²) >= 11 is 1.68. The summed E-state index contributed by atoms with van der Waals surface area (Å²) in [5.74, 6) is -1.12. The minimum absolute atomic E-state index is 0.0281. The third-order valence-corrected chi connectivity index (χ3v) is 3.68. The van der Waals surface area contributed by atoms with Crippen molar-refractivity contribution in [3.63, 3.8) is 0 Å². The van der Waals surface area contributed by atoms with Crippen LogP contribution < -0.4 is 5.32 Å². The van der Waals surface area contributed by atoms with Gasteiger partial charge in [0.2, 0.25) is 0 Å². The largest absolute Gasteiger partial charge is 0.481 e. The van der Waals surface area contributed by atoms with Crippen LogP contribution in [0.4, 0.5) is 0 Å². The highest BCUT2D eigenvalue weighted by atomic mass is 32.1. The highest BCUT2D eigenvalue weighted by molar-refractivity contribution is 7.10. The molecule has 0 radical (unpaired) electrons. The van der Waals surface area contributed by atoms with Crippen molar-refractivity contribution < 1.29 is 9.90 Å². The van der Waals surface area contributed by atoms with Crippen molar-refractivity contribution in [1.82, 2.24) is 5.32 Å². The van der Waals surface area contributed by atoms with Crippen LogP contribution in [0.2, 0.25) is 0 Å². The Hall–Kier alpha value is -0.870. The van der Waals surface area contributed by atoms with E-state index < -0.39 is 5.97 Å². The summed E-state index contributed by atoms with van der Waals surface area (Å²) in [7, 11) is 0. The van der Waals surface area contributed by atoms with Gasteiger partial charge in [-0.05, 0) is 25.3 Å². The van der Waals surface area contributed by atoms with Gasteiger partial charge in [-0.2, -0.15) is 0 Å². The van der Waals surface area contributed by atoms with E-state index in [2.05, 4.69) is 18.3 Å². The standard InChI is InChI=1S/C11H17NO2S/c1-7(11(13)14)8(2)12-9(3)10-5-4-6-15-10/h4-9,12H,1-3H3,(H,13,14)/t7?,8?,9-/m0/s1. The number of rotatable bonds is 5. The number of hydrogen-bond acceptors (Lipinski definition) is 3. The van der Waals surface area contributed by atoms with E-state index in [9.17, 15) is 4.79 Å². The first-order valence-corrected chi connectivity index (χ1v) is 5.92. The van der Waals surface area contributed by atoms with Gasteiger partial charge in [0, 0.05) is 17.0 Å². The molecule has 0 fully saturated rings. The van der Waals surface area contributed by atoms with E-state index in [4.69, 9.17) is 5.11 Å². The van der Waals surface area contributed by atoms with Crippen LogP contribution in [0.3, 0.4) is 0 Å². The SMILES string of the molecule is CC(N[C@@H](C)c1cccs1)C(C)C(=O)O. The Balaban J connectivity index is 2.51. The van der Waals surface area contributed by atoms with Crippen LogP contribution in [0.25, 0.3) is 0 Å². The summed E-state index contributed by atoms with van der Waals surface area (Å²) in [5, 5.41) is 14.2. The van der Waals surface area contributed by atoms with E-state index in [1.807, 2.05) is 18.4 Å². The molecule has 2 N–H and O–H groups in total. The van der Waals surface area contributed by atoms with Crippen molar-refractivity contribution in [3.8, 4) is 0 Å². The molecule has 0 bridgehead atoms. The Labute approximate surface area is 94.1 Å². The van der Waals surface area contributed by atoms with Crippen LogP contribution in [0.15, 0.2) is 17.5 Å². The fraction of sp³-hybridized carbons (Fsp3) is 0.545. The summed E-state index contributed by atoms with van der Waals surface area (Å²) in [5.41, 5.74) is 0. The van der Waals surface area contributed by atoms with E-state index in [1.54, 1.807) is 18.3 Å². The number of carboxylic acid groups (broad SMARTS) is 1. The van der Waals surface area contributed by atoms with E-state index in [0.717, 1.165) is 0 Å². The van der Waals surface area contributed by atoms with Crippen LogP contribution in [-0.2, 0) is 4.79 Å². The van der Waals surface area contributed by atoms with Crippen molar-refractivity contribution in [2.75, 3.05) is 0 Å². The maximum absolute atomic E-state index is 10.8. The zero-order valence-corrected chi connectivity index (χ0v) is 10.0. The van der Waals surface area contributed by atoms with Gasteiger partial charge in [-0.25, -0.2) is 0 Å². The molecule has 1 heterocycles. The number of carboxylic acids is 1. The number of hydrogen-bond donors (Lipinski definition) is 2. The van der Waals surface area contributed by atoms with E-state index in [1.165, 1.54) is 4.88 Å². The fourth-order valence-electron chi connectivity index (χ4n) is 1.37. The first-order valence-electron chi connectivity index (χ1n) is 5.04. The molecule has 0 aliphatic carbocycles. The second-order valence-corrected chi connectivity index (χ2v) is 4.80. The van der Waals surface area contributed by atoms with E-state index >= 15 is 0 Å². The second-order valence-electron chi connectivity index (χ2n) is 3.82. The zero-order chi connectivity index (χ0) is 11.4. The van der Waals surface area contributed by atoms with Crippen LogP contribution in [-0.4, -0.2) is 17.1 Å². The van der Waals surface area contributed by atoms with Crippen molar-refractivity contribution in [2.24, 2.45) is 5.92 Å². The lowest BCUT2D eigenvalue weighted by Crippen LogP contribution is -2.37. The number of nitrogens with one attached hydrogen (secondary N) is 1. The van der Waals surface area contributed by atoms with Crippen LogP contribution in [0, 0.1) is 5.92 Å². The summed E-state index contributed by atoms with van der Waals surface area (Å²) in [6, 6.07) is 4.24. The molecule has 1 rings (SSSR count). The third-order valence-electron chi connectivity index (χ3n) is 2.62. The minimum Gasteiger partial charge on any atom is -0.481 e. The van der Waals surface area contributed by atoms with Gasteiger partial charge in [0.05, 0.1) is 5.92 Å². The molecule has 0 amide bonds. The average molecular weight is 227 g/mol. The smallest absolute Gasteiger partial charge is 0.307 e. The Kier molecular flexibility index (Phi) is 4.29. The molecule has 0 aromatic carbocycles. The molecule has 0 aliphatic heterocycles. The molecular weight excluding hydrogens is 210 g/mol. The van der Waals surface area contributed by atoms with Crippen molar-refractivity contribution >= 4 is 17.3 Å². The Morgan fingerprint density at radius 3 is 2.60 bits per heavy atom. The molecule has 0 aliphatic rings. The molecule has 2 unspecified atom stereocenters. The van der Waals surface area contributed by atoms with E-state index in [0.29, 0.717) is 0 Å². The third kappa shape index (κ3) is 3.32. The van der Waals surface area contributed by atoms with Crippen molar-refractivity contribution in [1.29, 1.82) is 0 Å². The number of thiophene rings is 1. The highest BCUT2D eigenvalue weighted by Crippen LogP contribution is 2.19. The van der Waals surface area contributed by atoms with Gasteiger partial charge < -0.3 is 10.4 Å². The van der Waals surface area contributed by atoms with Gasteiger partial charge in [-0.3, -0.25) is 4.79 Å². The Morgan fingerprint density at radius 2 is 2.13 bits per heavy atom. The van der Waals surface area contributed by atoms with Crippen LogP contribution in [0.1, 0.15) is 31.7 Å². The summed E-state index contributed by atoms with van der Waals surface area (Å²) in [4.78, 5) is 12.0. The second kappa shape index (κ2) is 5.28. The number of aliphatic carboxylic acids is 1. The molecule has 3 nitrogen and oxygen atoms in total. The van der Waals surface area contributed by atoms with Crippen molar-refractivity contribution in [3.05, 3.63) is 22.4 Å². The van der Waals surface area contributed by atoms with Gasteiger partial charge in [0.25, 0.3) is 0 Å². The summed E-state index contributed by atoms with van der Waals surface area (Å²) < 4.78 is 0. The lowest BCUT2D eigenvalue weighted by molar-refractivity contribution is -0.142. The van der Waals surface area contributed by atoms with Crippen LogP contribution >= 0.6 is 11.3 Å². The van der Waals surface area contributed by atoms with Gasteiger partial charge >= 0.3 is 5.97 Å². The van der Waals surface area contributed by atoms with Crippen LogP contribution in [0.5, 0.6) is 0 Å². The summed E-state index contributed by atoms with van der Waals surface area (Å²) in [6.07, 6.45) is 0. The van der Waals surface area contributed by atoms with Gasteiger partial charge in [-0.1, -0.05) is 13.0 Å². The first kappa shape index (κ1) is 12.2. The highest BCUT2D eigenvalue weighted by Gasteiger charge is 2.21. The van der Waals surface area contributed by atoms with Crippen molar-refractivity contribution in [2.45, 2.75) is 32.9 Å². The molecular formula is C11H17NO2S. The van der Waals surface area contributed by atoms with Gasteiger partial charge in [-0.15, -0.1) is 11.3 Å². The monoisotopic (exact) mass is 227 g/mol. The number of carbonyl (C=O) groups is 1. The molecule has 0 saturated carbocycles. The average Bonchev–Trinajstić information content (AvgIpc) is 2.68. The molecule has 15 heavy (non-hydrogen) atoms. The maximum atomic E-state index is 10.8. The molecule has 3 atom stereocenters. The maximum Gasteiger partial charge on any atom is 0.307 e. The predicted molar refractivity (Wildman–Crippen MR) is 62.1 cm³/mol. The molecule has 0 spiro atoms. The van der Waals surface area contributed by atoms with E-state index in [-0.39, 0.29) is 18.0 Å². The molecule has 4 heteroatoms. The quantitative estimate of drug-likeness (QED) is 0.812. The summed E-state index contributed by atoms with van der Waals surface area (Å²) in [6.45, 7) is 5.68. The molecule has 0 saturated heterocycles. The Morgan fingerprint density at radius 1 is 1.47 bits per heavy atom. The van der Waals surface area contributed by atoms with Gasteiger partial charge in [0.1, 0.15) is 0 Å². The normalized spacial score (nSPS) is 17.0. The predicted octanol–water partition coefficient (Wildman–Crippen LogP) is 2.51. The lowest BCUT2D eigenvalue weighted by atomic mass is 10.0. The first-order chi connectivity index (χ1) is 7.02. The minimum atomic E-state index is -0.756. The topological polar surface area (TPSA) is 49.3 Å². The molecule has 1 aromatic heterocycles. The van der Waals surface area contributed by atoms with Gasteiger partial charge in [0.15, 0.2) is 0 Å². The molecule has 1 aromatic rings. The fourth-order valence-corrected chi connectivity index (χ4v) is 2.12. The lowest BCUT2D eigenvalue weighted by Gasteiger charge is -2.22. The Bertz CT molecular complexity index is 310.